The molecular formula is C8H11NO3. The van der Waals surface area contributed by atoms with Crippen molar-refractivity contribution in [2.45, 2.75) is 20.3 Å². The number of nitrogens with zero attached hydrogens (tertiary/aromatic N) is 1. The monoisotopic (exact) mass is 169 g/mol. The molecule has 0 bridgehead atoms. The topological polar surface area (TPSA) is 52.3 Å². The van der Waals surface area contributed by atoms with Crippen molar-refractivity contribution in [1.82, 2.24) is 5.16 Å². The molecule has 66 valence electrons. The highest BCUT2D eigenvalue weighted by Gasteiger charge is 2.14. The van der Waals surface area contributed by atoms with E-state index in [0.717, 1.165) is 6.42 Å². The second-order valence-electron chi connectivity index (χ2n) is 2.47. The molecule has 12 heavy (non-hydrogen) atoms. The first-order valence-corrected chi connectivity index (χ1v) is 3.84. The maximum Gasteiger partial charge on any atom is 0.377 e. The zero-order valence-corrected chi connectivity index (χ0v) is 7.16. The number of aromatic nitrogens is 1. The van der Waals surface area contributed by atoms with Crippen LogP contribution in [0.4, 0.5) is 0 Å². The molecule has 0 atom stereocenters. The Hall–Kier alpha value is -1.32. The lowest BCUT2D eigenvalue weighted by Crippen LogP contribution is -2.05. The molecule has 0 saturated carbocycles. The minimum absolute atomic E-state index is 0.198. The van der Waals surface area contributed by atoms with Gasteiger partial charge in [-0.1, -0.05) is 12.1 Å². The molecule has 4 nitrogen and oxygen atoms in total. The Morgan fingerprint density at radius 3 is 3.00 bits per heavy atom. The van der Waals surface area contributed by atoms with Crippen LogP contribution in [0.25, 0.3) is 0 Å². The van der Waals surface area contributed by atoms with Crippen LogP contribution in [-0.2, 0) is 4.74 Å². The molecule has 0 aromatic carbocycles. The molecule has 1 rings (SSSR count). The van der Waals surface area contributed by atoms with Crippen molar-refractivity contribution in [2.75, 3.05) is 6.61 Å². The first kappa shape index (κ1) is 8.77. The van der Waals surface area contributed by atoms with Gasteiger partial charge in [-0.3, -0.25) is 0 Å². The third-order valence-electron chi connectivity index (χ3n) is 1.37. The van der Waals surface area contributed by atoms with Crippen molar-refractivity contribution >= 4 is 5.97 Å². The van der Waals surface area contributed by atoms with E-state index in [1.54, 1.807) is 6.92 Å². The molecule has 1 aromatic heterocycles. The predicted octanol–water partition coefficient (Wildman–Crippen LogP) is 1.55. The van der Waals surface area contributed by atoms with Crippen LogP contribution in [0.15, 0.2) is 10.7 Å². The van der Waals surface area contributed by atoms with E-state index >= 15 is 0 Å². The van der Waals surface area contributed by atoms with Gasteiger partial charge in [-0.25, -0.2) is 4.79 Å². The van der Waals surface area contributed by atoms with Gasteiger partial charge in [0.05, 0.1) is 12.8 Å². The molecule has 0 N–H and O–H groups in total. The number of aryl methyl sites for hydroxylation is 1. The van der Waals surface area contributed by atoms with E-state index in [9.17, 15) is 4.79 Å². The Labute approximate surface area is 70.5 Å². The summed E-state index contributed by atoms with van der Waals surface area (Å²) in [5.74, 6) is -0.240. The molecule has 0 aliphatic carbocycles. The van der Waals surface area contributed by atoms with Gasteiger partial charge in [-0.15, -0.1) is 0 Å². The van der Waals surface area contributed by atoms with E-state index in [1.807, 2.05) is 6.92 Å². The summed E-state index contributed by atoms with van der Waals surface area (Å²) in [6, 6.07) is 0. The van der Waals surface area contributed by atoms with Crippen LogP contribution in [0.3, 0.4) is 0 Å². The van der Waals surface area contributed by atoms with Gasteiger partial charge >= 0.3 is 5.97 Å². The number of rotatable bonds is 3. The van der Waals surface area contributed by atoms with Crippen LogP contribution in [0.1, 0.15) is 29.5 Å². The van der Waals surface area contributed by atoms with Crippen LogP contribution in [-0.4, -0.2) is 17.7 Å². The van der Waals surface area contributed by atoms with Gasteiger partial charge in [0.1, 0.15) is 0 Å². The Morgan fingerprint density at radius 2 is 2.50 bits per heavy atom. The summed E-state index contributed by atoms with van der Waals surface area (Å²) in [5.41, 5.74) is 0.705. The number of hydrogen-bond donors (Lipinski definition) is 0. The minimum atomic E-state index is -0.438. The van der Waals surface area contributed by atoms with Gasteiger partial charge in [0.25, 0.3) is 0 Å². The summed E-state index contributed by atoms with van der Waals surface area (Å²) in [6.07, 6.45) is 2.29. The molecular weight excluding hydrogens is 158 g/mol. The number of hydrogen-bond acceptors (Lipinski definition) is 4. The van der Waals surface area contributed by atoms with Gasteiger partial charge in [0, 0.05) is 5.56 Å². The van der Waals surface area contributed by atoms with E-state index in [1.165, 1.54) is 6.20 Å². The SMILES string of the molecule is CCCOC(=O)c1oncc1C. The molecule has 0 fully saturated rings. The molecule has 0 aliphatic rings. The summed E-state index contributed by atoms with van der Waals surface area (Å²) in [5, 5.41) is 3.48. The fourth-order valence-corrected chi connectivity index (χ4v) is 0.747. The minimum Gasteiger partial charge on any atom is -0.460 e. The number of carbonyl (C=O) groups excluding carboxylic acids is 1. The highest BCUT2D eigenvalue weighted by Crippen LogP contribution is 2.07. The molecule has 1 heterocycles. The van der Waals surface area contributed by atoms with E-state index in [0.29, 0.717) is 12.2 Å². The van der Waals surface area contributed by atoms with E-state index < -0.39 is 5.97 Å². The van der Waals surface area contributed by atoms with Gasteiger partial charge < -0.3 is 9.26 Å². The van der Waals surface area contributed by atoms with Crippen LogP contribution in [0.2, 0.25) is 0 Å². The van der Waals surface area contributed by atoms with Crippen LogP contribution in [0.5, 0.6) is 0 Å². The Balaban J connectivity index is 2.59. The average Bonchev–Trinajstić information content (AvgIpc) is 2.47. The van der Waals surface area contributed by atoms with Crippen molar-refractivity contribution in [2.24, 2.45) is 0 Å². The molecule has 0 unspecified atom stereocenters. The first-order valence-electron chi connectivity index (χ1n) is 3.84. The average molecular weight is 169 g/mol. The predicted molar refractivity (Wildman–Crippen MR) is 41.8 cm³/mol. The summed E-state index contributed by atoms with van der Waals surface area (Å²) in [6.45, 7) is 4.10. The van der Waals surface area contributed by atoms with Crippen molar-refractivity contribution in [1.29, 1.82) is 0 Å². The summed E-state index contributed by atoms with van der Waals surface area (Å²) in [7, 11) is 0. The normalized spacial score (nSPS) is 9.83. The maximum atomic E-state index is 11.1. The van der Waals surface area contributed by atoms with Crippen molar-refractivity contribution in [3.8, 4) is 0 Å². The van der Waals surface area contributed by atoms with Gasteiger partial charge in [0.2, 0.25) is 5.76 Å². The van der Waals surface area contributed by atoms with Crippen molar-refractivity contribution in [3.63, 3.8) is 0 Å². The molecule has 4 heteroatoms. The van der Waals surface area contributed by atoms with Gasteiger partial charge in [0.15, 0.2) is 0 Å². The molecule has 1 aromatic rings. The van der Waals surface area contributed by atoms with Gasteiger partial charge in [-0.05, 0) is 13.3 Å². The lowest BCUT2D eigenvalue weighted by atomic mass is 10.3. The molecule has 0 radical (unpaired) electrons. The summed E-state index contributed by atoms with van der Waals surface area (Å²) in [4.78, 5) is 11.1. The van der Waals surface area contributed by atoms with Gasteiger partial charge in [-0.2, -0.15) is 0 Å². The largest absolute Gasteiger partial charge is 0.460 e. The van der Waals surface area contributed by atoms with Crippen LogP contribution >= 0.6 is 0 Å². The number of carbonyl (C=O) groups is 1. The first-order chi connectivity index (χ1) is 5.75. The Kier molecular flexibility index (Phi) is 2.85. The Bertz CT molecular complexity index is 267. The fraction of sp³-hybridized carbons (Fsp3) is 0.500. The number of ether oxygens (including phenoxy) is 1. The number of esters is 1. The standard InChI is InChI=1S/C8H11NO3/c1-3-4-11-8(10)7-6(2)5-9-12-7/h5H,3-4H2,1-2H3. The molecule has 0 aliphatic heterocycles. The fourth-order valence-electron chi connectivity index (χ4n) is 0.747. The highest BCUT2D eigenvalue weighted by atomic mass is 16.6. The Morgan fingerprint density at radius 1 is 1.75 bits per heavy atom. The lowest BCUT2D eigenvalue weighted by molar-refractivity contribution is 0.0457. The van der Waals surface area contributed by atoms with Crippen LogP contribution in [0, 0.1) is 6.92 Å². The van der Waals surface area contributed by atoms with E-state index in [2.05, 4.69) is 5.16 Å². The quantitative estimate of drug-likeness (QED) is 0.644. The third kappa shape index (κ3) is 1.84. The smallest absolute Gasteiger partial charge is 0.377 e. The molecule has 0 amide bonds. The zero-order valence-electron chi connectivity index (χ0n) is 7.16. The third-order valence-corrected chi connectivity index (χ3v) is 1.37. The van der Waals surface area contributed by atoms with Crippen LogP contribution < -0.4 is 0 Å². The van der Waals surface area contributed by atoms with Crippen molar-refractivity contribution < 1.29 is 14.1 Å². The lowest BCUT2D eigenvalue weighted by Gasteiger charge is -1.98. The second-order valence-corrected chi connectivity index (χ2v) is 2.47. The molecule has 0 saturated heterocycles. The van der Waals surface area contributed by atoms with Crippen molar-refractivity contribution in [3.05, 3.63) is 17.5 Å². The zero-order chi connectivity index (χ0) is 8.97. The maximum absolute atomic E-state index is 11.1. The van der Waals surface area contributed by atoms with E-state index in [-0.39, 0.29) is 5.76 Å². The summed E-state index contributed by atoms with van der Waals surface area (Å²) < 4.78 is 9.54. The van der Waals surface area contributed by atoms with E-state index in [4.69, 9.17) is 9.26 Å². The molecule has 0 spiro atoms. The highest BCUT2D eigenvalue weighted by molar-refractivity contribution is 5.87. The summed E-state index contributed by atoms with van der Waals surface area (Å²) >= 11 is 0. The second kappa shape index (κ2) is 3.90.